The molecule has 1 aromatic carbocycles. The number of rotatable bonds is 0. The Bertz CT molecular complexity index is 276. The second-order valence-corrected chi connectivity index (χ2v) is 3.71. The maximum Gasteiger partial charge on any atom is 0.0144 e. The summed E-state index contributed by atoms with van der Waals surface area (Å²) in [6.07, 6.45) is 5.66. The molecule has 0 unspecified atom stereocenters. The molecule has 11 heavy (non-hydrogen) atoms. The molecule has 1 aromatic rings. The third-order valence-electron chi connectivity index (χ3n) is 1.76. The Morgan fingerprint density at radius 1 is 1.18 bits per heavy atom. The highest BCUT2D eigenvalue weighted by molar-refractivity contribution is 7.99. The van der Waals surface area contributed by atoms with Crippen molar-refractivity contribution in [1.82, 2.24) is 0 Å². The number of allylic oxidation sites excluding steroid dienone is 1. The molecule has 0 atom stereocenters. The summed E-state index contributed by atoms with van der Waals surface area (Å²) in [5.41, 5.74) is 1.37. The van der Waals surface area contributed by atoms with Crippen molar-refractivity contribution in [1.29, 1.82) is 0 Å². The average molecular weight is 162 g/mol. The molecule has 0 aromatic heterocycles. The van der Waals surface area contributed by atoms with Crippen molar-refractivity contribution < 1.29 is 0 Å². The first kappa shape index (κ1) is 6.99. The van der Waals surface area contributed by atoms with Crippen molar-refractivity contribution in [3.63, 3.8) is 0 Å². The topological polar surface area (TPSA) is 0 Å². The lowest BCUT2D eigenvalue weighted by atomic mass is 10.2. The molecular weight excluding hydrogens is 152 g/mol. The van der Waals surface area contributed by atoms with Crippen LogP contribution in [0.4, 0.5) is 0 Å². The quantitative estimate of drug-likeness (QED) is 0.564. The summed E-state index contributed by atoms with van der Waals surface area (Å²) in [5, 5.41) is 0. The fourth-order valence-corrected chi connectivity index (χ4v) is 2.15. The van der Waals surface area contributed by atoms with Crippen molar-refractivity contribution in [3.05, 3.63) is 35.9 Å². The second-order valence-electron chi connectivity index (χ2n) is 2.58. The van der Waals surface area contributed by atoms with Gasteiger partial charge in [-0.1, -0.05) is 30.4 Å². The molecule has 0 radical (unpaired) electrons. The maximum absolute atomic E-state index is 2.25. The van der Waals surface area contributed by atoms with Gasteiger partial charge in [-0.05, 0) is 18.1 Å². The van der Waals surface area contributed by atoms with Crippen LogP contribution in [0.2, 0.25) is 0 Å². The Kier molecular flexibility index (Phi) is 1.99. The highest BCUT2D eigenvalue weighted by atomic mass is 32.2. The van der Waals surface area contributed by atoms with E-state index in [-0.39, 0.29) is 0 Å². The molecule has 1 heteroatoms. The van der Waals surface area contributed by atoms with E-state index in [1.54, 1.807) is 0 Å². The molecule has 0 spiro atoms. The van der Waals surface area contributed by atoms with Gasteiger partial charge in [-0.15, -0.1) is 11.8 Å². The summed E-state index contributed by atoms with van der Waals surface area (Å²) in [5.74, 6) is 1.22. The summed E-state index contributed by atoms with van der Waals surface area (Å²) in [7, 11) is 0. The fraction of sp³-hybridized carbons (Fsp3) is 0.200. The highest BCUT2D eigenvalue weighted by Gasteiger charge is 2.00. The summed E-state index contributed by atoms with van der Waals surface area (Å²) >= 11 is 1.95. The molecule has 1 aliphatic heterocycles. The smallest absolute Gasteiger partial charge is 0.0144 e. The standard InChI is InChI=1S/C10H10S/c1-2-7-10-9(5-1)6-3-4-8-11-10/h1-3,5-7H,4,8H2. The van der Waals surface area contributed by atoms with Crippen LogP contribution >= 0.6 is 11.8 Å². The molecule has 0 aliphatic carbocycles. The van der Waals surface area contributed by atoms with Crippen molar-refractivity contribution in [3.8, 4) is 0 Å². The number of fused-ring (bicyclic) bond motifs is 1. The van der Waals surface area contributed by atoms with Gasteiger partial charge in [0.15, 0.2) is 0 Å². The van der Waals surface area contributed by atoms with E-state index >= 15 is 0 Å². The summed E-state index contributed by atoms with van der Waals surface area (Å²) in [4.78, 5) is 1.42. The normalized spacial score (nSPS) is 15.6. The molecule has 2 rings (SSSR count). The molecular formula is C10H10S. The number of benzene rings is 1. The zero-order valence-corrected chi connectivity index (χ0v) is 7.10. The molecule has 0 bridgehead atoms. The zero-order valence-electron chi connectivity index (χ0n) is 6.29. The first-order valence-corrected chi connectivity index (χ1v) is 4.84. The van der Waals surface area contributed by atoms with E-state index in [1.165, 1.54) is 22.6 Å². The minimum absolute atomic E-state index is 1.19. The fourth-order valence-electron chi connectivity index (χ4n) is 1.20. The van der Waals surface area contributed by atoms with Crippen LogP contribution in [-0.2, 0) is 0 Å². The van der Waals surface area contributed by atoms with E-state index < -0.39 is 0 Å². The van der Waals surface area contributed by atoms with Gasteiger partial charge in [0, 0.05) is 10.6 Å². The molecule has 0 saturated carbocycles. The largest absolute Gasteiger partial charge is 0.125 e. The monoisotopic (exact) mass is 162 g/mol. The van der Waals surface area contributed by atoms with E-state index in [0.29, 0.717) is 0 Å². The lowest BCUT2D eigenvalue weighted by Gasteiger charge is -2.00. The third-order valence-corrected chi connectivity index (χ3v) is 2.88. The number of hydrogen-bond acceptors (Lipinski definition) is 1. The molecule has 56 valence electrons. The molecule has 0 nitrogen and oxygen atoms in total. The number of hydrogen-bond donors (Lipinski definition) is 0. The van der Waals surface area contributed by atoms with Gasteiger partial charge in [0.25, 0.3) is 0 Å². The molecule has 0 saturated heterocycles. The van der Waals surface area contributed by atoms with E-state index in [9.17, 15) is 0 Å². The Labute approximate surface area is 71.3 Å². The lowest BCUT2D eigenvalue weighted by molar-refractivity contribution is 1.26. The first-order chi connectivity index (χ1) is 5.47. The minimum atomic E-state index is 1.19. The van der Waals surface area contributed by atoms with E-state index in [2.05, 4.69) is 36.4 Å². The van der Waals surface area contributed by atoms with Crippen LogP contribution in [0.5, 0.6) is 0 Å². The van der Waals surface area contributed by atoms with Gasteiger partial charge in [0.2, 0.25) is 0 Å². The third kappa shape index (κ3) is 1.48. The van der Waals surface area contributed by atoms with E-state index in [1.807, 2.05) is 11.8 Å². The molecule has 0 amide bonds. The zero-order chi connectivity index (χ0) is 7.52. The van der Waals surface area contributed by atoms with Crippen LogP contribution < -0.4 is 0 Å². The molecule has 0 N–H and O–H groups in total. The Morgan fingerprint density at radius 2 is 2.09 bits per heavy atom. The van der Waals surface area contributed by atoms with E-state index in [4.69, 9.17) is 0 Å². The van der Waals surface area contributed by atoms with Gasteiger partial charge in [-0.2, -0.15) is 0 Å². The van der Waals surface area contributed by atoms with E-state index in [0.717, 1.165) is 0 Å². The minimum Gasteiger partial charge on any atom is -0.125 e. The molecule has 1 aliphatic rings. The van der Waals surface area contributed by atoms with Gasteiger partial charge in [0.05, 0.1) is 0 Å². The summed E-state index contributed by atoms with van der Waals surface area (Å²) in [6.45, 7) is 0. The van der Waals surface area contributed by atoms with Crippen molar-refractivity contribution in [2.75, 3.05) is 5.75 Å². The SMILES string of the molecule is C1=Cc2ccccc2SCC1. The first-order valence-electron chi connectivity index (χ1n) is 3.85. The van der Waals surface area contributed by atoms with Crippen LogP contribution in [0.25, 0.3) is 6.08 Å². The van der Waals surface area contributed by atoms with Crippen molar-refractivity contribution in [2.24, 2.45) is 0 Å². The van der Waals surface area contributed by atoms with Gasteiger partial charge in [-0.3, -0.25) is 0 Å². The van der Waals surface area contributed by atoms with Crippen molar-refractivity contribution >= 4 is 17.8 Å². The maximum atomic E-state index is 2.25. The summed E-state index contributed by atoms with van der Waals surface area (Å²) in [6, 6.07) is 8.56. The predicted octanol–water partition coefficient (Wildman–Crippen LogP) is 3.20. The van der Waals surface area contributed by atoms with Gasteiger partial charge in [-0.25, -0.2) is 0 Å². The average Bonchev–Trinajstić information content (AvgIpc) is 2.28. The molecule has 0 fully saturated rings. The van der Waals surface area contributed by atoms with Gasteiger partial charge < -0.3 is 0 Å². The van der Waals surface area contributed by atoms with Crippen molar-refractivity contribution in [2.45, 2.75) is 11.3 Å². The van der Waals surface area contributed by atoms with Crippen LogP contribution in [-0.4, -0.2) is 5.75 Å². The lowest BCUT2D eigenvalue weighted by Crippen LogP contribution is -1.76. The highest BCUT2D eigenvalue weighted by Crippen LogP contribution is 2.26. The van der Waals surface area contributed by atoms with Crippen LogP contribution in [0.1, 0.15) is 12.0 Å². The van der Waals surface area contributed by atoms with Crippen LogP contribution in [0.15, 0.2) is 35.2 Å². The van der Waals surface area contributed by atoms with Crippen LogP contribution in [0.3, 0.4) is 0 Å². The van der Waals surface area contributed by atoms with Crippen LogP contribution in [0, 0.1) is 0 Å². The predicted molar refractivity (Wildman–Crippen MR) is 50.8 cm³/mol. The Morgan fingerprint density at radius 3 is 3.09 bits per heavy atom. The number of thioether (sulfide) groups is 1. The summed E-state index contributed by atoms with van der Waals surface area (Å²) < 4.78 is 0. The van der Waals surface area contributed by atoms with Gasteiger partial charge >= 0.3 is 0 Å². The second kappa shape index (κ2) is 3.14. The Hall–Kier alpha value is -0.690. The van der Waals surface area contributed by atoms with Gasteiger partial charge in [0.1, 0.15) is 0 Å². The Balaban J connectivity index is 2.45. The molecule has 1 heterocycles.